The number of hydrogen-bond acceptors (Lipinski definition) is 2. The van der Waals surface area contributed by atoms with Crippen LogP contribution in [0.15, 0.2) is 30.5 Å². The summed E-state index contributed by atoms with van der Waals surface area (Å²) in [5, 5.41) is 6.69. The van der Waals surface area contributed by atoms with Gasteiger partial charge >= 0.3 is 0 Å². The monoisotopic (exact) mass is 217 g/mol. The standard InChI is InChI=1S/C11H8ClN3/c1-15-10-7-4-2-3-5-9(7)14-11(12)8(10)6-13-15/h2-6H,1H3. The van der Waals surface area contributed by atoms with Crippen LogP contribution in [0.4, 0.5) is 0 Å². The van der Waals surface area contributed by atoms with Gasteiger partial charge in [0.2, 0.25) is 0 Å². The molecule has 0 aliphatic heterocycles. The average Bonchev–Trinajstić information content (AvgIpc) is 2.62. The Hall–Kier alpha value is -1.61. The molecular formula is C11H8ClN3. The van der Waals surface area contributed by atoms with E-state index in [-0.39, 0.29) is 0 Å². The zero-order valence-electron chi connectivity index (χ0n) is 8.11. The summed E-state index contributed by atoms with van der Waals surface area (Å²) in [6, 6.07) is 7.93. The lowest BCUT2D eigenvalue weighted by molar-refractivity contribution is 0.799. The van der Waals surface area contributed by atoms with E-state index < -0.39 is 0 Å². The summed E-state index contributed by atoms with van der Waals surface area (Å²) >= 11 is 6.08. The van der Waals surface area contributed by atoms with Crippen molar-refractivity contribution in [3.8, 4) is 0 Å². The van der Waals surface area contributed by atoms with Gasteiger partial charge in [-0.25, -0.2) is 4.98 Å². The lowest BCUT2D eigenvalue weighted by Gasteiger charge is -2.02. The number of fused-ring (bicyclic) bond motifs is 3. The molecule has 0 saturated heterocycles. The van der Waals surface area contributed by atoms with Crippen molar-refractivity contribution in [1.82, 2.24) is 14.8 Å². The quantitative estimate of drug-likeness (QED) is 0.542. The molecule has 0 unspecified atom stereocenters. The van der Waals surface area contributed by atoms with Gasteiger partial charge in [-0.1, -0.05) is 29.8 Å². The Morgan fingerprint density at radius 3 is 2.87 bits per heavy atom. The molecule has 0 fully saturated rings. The maximum atomic E-state index is 6.08. The molecule has 2 heterocycles. The van der Waals surface area contributed by atoms with Gasteiger partial charge in [-0.15, -0.1) is 0 Å². The second-order valence-electron chi connectivity index (χ2n) is 3.45. The average molecular weight is 218 g/mol. The lowest BCUT2D eigenvalue weighted by atomic mass is 10.2. The first kappa shape index (κ1) is 8.68. The summed E-state index contributed by atoms with van der Waals surface area (Å²) in [6.45, 7) is 0. The molecule has 0 spiro atoms. The molecule has 4 heteroatoms. The Bertz CT molecular complexity index is 657. The van der Waals surface area contributed by atoms with Crippen molar-refractivity contribution in [3.05, 3.63) is 35.6 Å². The number of hydrogen-bond donors (Lipinski definition) is 0. The molecule has 0 bridgehead atoms. The fraction of sp³-hybridized carbons (Fsp3) is 0.0909. The Kier molecular flexibility index (Phi) is 1.70. The fourth-order valence-electron chi connectivity index (χ4n) is 1.85. The number of benzene rings is 1. The van der Waals surface area contributed by atoms with E-state index in [1.54, 1.807) is 6.20 Å². The predicted molar refractivity (Wildman–Crippen MR) is 61.0 cm³/mol. The van der Waals surface area contributed by atoms with E-state index in [2.05, 4.69) is 10.1 Å². The number of halogens is 1. The summed E-state index contributed by atoms with van der Waals surface area (Å²) in [7, 11) is 1.91. The lowest BCUT2D eigenvalue weighted by Crippen LogP contribution is -1.91. The van der Waals surface area contributed by atoms with Gasteiger partial charge in [0.05, 0.1) is 22.6 Å². The van der Waals surface area contributed by atoms with Crippen molar-refractivity contribution in [1.29, 1.82) is 0 Å². The molecule has 1 aromatic carbocycles. The zero-order chi connectivity index (χ0) is 10.4. The fourth-order valence-corrected chi connectivity index (χ4v) is 2.07. The minimum Gasteiger partial charge on any atom is -0.267 e. The molecule has 0 N–H and O–H groups in total. The van der Waals surface area contributed by atoms with E-state index in [4.69, 9.17) is 11.6 Å². The van der Waals surface area contributed by atoms with Crippen molar-refractivity contribution in [2.75, 3.05) is 0 Å². The van der Waals surface area contributed by atoms with Gasteiger partial charge in [0, 0.05) is 12.4 Å². The van der Waals surface area contributed by atoms with E-state index in [1.807, 2.05) is 36.0 Å². The van der Waals surface area contributed by atoms with E-state index in [9.17, 15) is 0 Å². The number of para-hydroxylation sites is 1. The molecular weight excluding hydrogens is 210 g/mol. The highest BCUT2D eigenvalue weighted by molar-refractivity contribution is 6.35. The molecule has 0 saturated carbocycles. The van der Waals surface area contributed by atoms with Crippen LogP contribution < -0.4 is 0 Å². The third-order valence-electron chi connectivity index (χ3n) is 2.54. The summed E-state index contributed by atoms with van der Waals surface area (Å²) in [5.74, 6) is 0. The molecule has 3 nitrogen and oxygen atoms in total. The van der Waals surface area contributed by atoms with E-state index >= 15 is 0 Å². The van der Waals surface area contributed by atoms with Crippen molar-refractivity contribution in [2.45, 2.75) is 0 Å². The van der Waals surface area contributed by atoms with Gasteiger partial charge in [0.1, 0.15) is 5.15 Å². The number of aryl methyl sites for hydroxylation is 1. The normalized spacial score (nSPS) is 11.3. The smallest absolute Gasteiger partial charge is 0.140 e. The highest BCUT2D eigenvalue weighted by atomic mass is 35.5. The van der Waals surface area contributed by atoms with Gasteiger partial charge in [-0.2, -0.15) is 5.10 Å². The van der Waals surface area contributed by atoms with Gasteiger partial charge in [-0.05, 0) is 6.07 Å². The summed E-state index contributed by atoms with van der Waals surface area (Å²) in [4.78, 5) is 4.33. The molecule has 0 atom stereocenters. The van der Waals surface area contributed by atoms with Crippen LogP contribution in [0.5, 0.6) is 0 Å². The first-order chi connectivity index (χ1) is 7.27. The molecule has 0 amide bonds. The molecule has 74 valence electrons. The van der Waals surface area contributed by atoms with Gasteiger partial charge in [0.25, 0.3) is 0 Å². The van der Waals surface area contributed by atoms with Crippen molar-refractivity contribution >= 4 is 33.4 Å². The summed E-state index contributed by atoms with van der Waals surface area (Å²) in [6.07, 6.45) is 1.75. The Labute approximate surface area is 91.3 Å². The van der Waals surface area contributed by atoms with Crippen LogP contribution >= 0.6 is 11.6 Å². The zero-order valence-corrected chi connectivity index (χ0v) is 8.86. The molecule has 0 aliphatic rings. The van der Waals surface area contributed by atoms with Gasteiger partial charge < -0.3 is 0 Å². The molecule has 15 heavy (non-hydrogen) atoms. The maximum absolute atomic E-state index is 6.08. The van der Waals surface area contributed by atoms with Crippen LogP contribution in [0.2, 0.25) is 5.15 Å². The van der Waals surface area contributed by atoms with Gasteiger partial charge in [-0.3, -0.25) is 4.68 Å². The minimum atomic E-state index is 0.511. The minimum absolute atomic E-state index is 0.511. The van der Waals surface area contributed by atoms with Crippen LogP contribution in [-0.4, -0.2) is 14.8 Å². The number of nitrogens with zero attached hydrogens (tertiary/aromatic N) is 3. The van der Waals surface area contributed by atoms with E-state index in [1.165, 1.54) is 0 Å². The summed E-state index contributed by atoms with van der Waals surface area (Å²) < 4.78 is 1.82. The summed E-state index contributed by atoms with van der Waals surface area (Å²) in [5.41, 5.74) is 1.93. The molecule has 2 aromatic heterocycles. The van der Waals surface area contributed by atoms with Crippen LogP contribution in [0.3, 0.4) is 0 Å². The third kappa shape index (κ3) is 1.13. The largest absolute Gasteiger partial charge is 0.267 e. The van der Waals surface area contributed by atoms with Crippen molar-refractivity contribution in [3.63, 3.8) is 0 Å². The Balaban J connectivity index is 2.67. The van der Waals surface area contributed by atoms with Crippen LogP contribution in [0.1, 0.15) is 0 Å². The highest BCUT2D eigenvalue weighted by Gasteiger charge is 2.09. The molecule has 3 rings (SSSR count). The topological polar surface area (TPSA) is 30.7 Å². The van der Waals surface area contributed by atoms with Crippen LogP contribution in [-0.2, 0) is 7.05 Å². The second-order valence-corrected chi connectivity index (χ2v) is 3.81. The van der Waals surface area contributed by atoms with Crippen molar-refractivity contribution in [2.24, 2.45) is 7.05 Å². The Morgan fingerprint density at radius 2 is 2.00 bits per heavy atom. The maximum Gasteiger partial charge on any atom is 0.140 e. The van der Waals surface area contributed by atoms with Gasteiger partial charge in [0.15, 0.2) is 0 Å². The molecule has 0 aliphatic carbocycles. The molecule has 0 radical (unpaired) electrons. The SMILES string of the molecule is Cn1ncc2c(Cl)nc3ccccc3c21. The number of rotatable bonds is 0. The van der Waals surface area contributed by atoms with Crippen LogP contribution in [0.25, 0.3) is 21.8 Å². The van der Waals surface area contributed by atoms with E-state index in [0.29, 0.717) is 5.15 Å². The second kappa shape index (κ2) is 2.94. The predicted octanol–water partition coefficient (Wildman–Crippen LogP) is 2.77. The Morgan fingerprint density at radius 1 is 1.20 bits per heavy atom. The number of aromatic nitrogens is 3. The van der Waals surface area contributed by atoms with E-state index in [0.717, 1.165) is 21.8 Å². The molecule has 3 aromatic rings. The highest BCUT2D eigenvalue weighted by Crippen LogP contribution is 2.28. The third-order valence-corrected chi connectivity index (χ3v) is 2.83. The number of pyridine rings is 1. The first-order valence-electron chi connectivity index (χ1n) is 4.63. The van der Waals surface area contributed by atoms with Crippen LogP contribution in [0, 0.1) is 0 Å². The first-order valence-corrected chi connectivity index (χ1v) is 5.01. The van der Waals surface area contributed by atoms with Crippen molar-refractivity contribution < 1.29 is 0 Å².